The Kier molecular flexibility index (Phi) is 6.52. The van der Waals surface area contributed by atoms with Gasteiger partial charge in [0.1, 0.15) is 0 Å². The summed E-state index contributed by atoms with van der Waals surface area (Å²) in [5.74, 6) is -0.384. The van der Waals surface area contributed by atoms with Gasteiger partial charge in [0.05, 0.1) is 0 Å². The molecule has 0 aliphatic carbocycles. The Labute approximate surface area is 92.2 Å². The molecule has 0 saturated heterocycles. The smallest absolute Gasteiger partial charge is 0.334 e. The van der Waals surface area contributed by atoms with E-state index in [4.69, 9.17) is 9.84 Å². The SMILES string of the molecule is CCOC(CN(C)C(C)C(C)C)C(=O)O. The topological polar surface area (TPSA) is 49.8 Å². The highest BCUT2D eigenvalue weighted by Gasteiger charge is 2.22. The van der Waals surface area contributed by atoms with Crippen molar-refractivity contribution in [1.82, 2.24) is 4.90 Å². The quantitative estimate of drug-likeness (QED) is 0.701. The minimum Gasteiger partial charge on any atom is -0.479 e. The van der Waals surface area contributed by atoms with Crippen LogP contribution in [0.25, 0.3) is 0 Å². The summed E-state index contributed by atoms with van der Waals surface area (Å²) in [6.45, 7) is 9.01. The third kappa shape index (κ3) is 5.14. The van der Waals surface area contributed by atoms with Crippen LogP contribution in [0, 0.1) is 5.92 Å². The van der Waals surface area contributed by atoms with Crippen molar-refractivity contribution in [3.05, 3.63) is 0 Å². The van der Waals surface area contributed by atoms with Crippen molar-refractivity contribution in [1.29, 1.82) is 0 Å². The number of hydrogen-bond acceptors (Lipinski definition) is 3. The molecule has 15 heavy (non-hydrogen) atoms. The van der Waals surface area contributed by atoms with Crippen molar-refractivity contribution in [3.8, 4) is 0 Å². The fraction of sp³-hybridized carbons (Fsp3) is 0.909. The first kappa shape index (κ1) is 14.4. The van der Waals surface area contributed by atoms with E-state index in [1.165, 1.54) is 0 Å². The van der Waals surface area contributed by atoms with Crippen molar-refractivity contribution in [2.75, 3.05) is 20.2 Å². The molecule has 0 saturated carbocycles. The lowest BCUT2D eigenvalue weighted by molar-refractivity contribution is -0.151. The molecule has 0 aliphatic heterocycles. The van der Waals surface area contributed by atoms with Gasteiger partial charge in [0.15, 0.2) is 6.10 Å². The maximum Gasteiger partial charge on any atom is 0.334 e. The summed E-state index contributed by atoms with van der Waals surface area (Å²) in [7, 11) is 1.93. The highest BCUT2D eigenvalue weighted by atomic mass is 16.5. The lowest BCUT2D eigenvalue weighted by Gasteiger charge is -2.29. The van der Waals surface area contributed by atoms with Gasteiger partial charge >= 0.3 is 5.97 Å². The van der Waals surface area contributed by atoms with E-state index in [1.54, 1.807) is 0 Å². The second-order valence-electron chi connectivity index (χ2n) is 4.21. The summed E-state index contributed by atoms with van der Waals surface area (Å²) in [6.07, 6.45) is -0.721. The third-order valence-electron chi connectivity index (χ3n) is 2.76. The van der Waals surface area contributed by atoms with E-state index in [0.29, 0.717) is 25.1 Å². The monoisotopic (exact) mass is 217 g/mol. The molecule has 0 aromatic heterocycles. The molecular formula is C11H23NO3. The van der Waals surface area contributed by atoms with Crippen molar-refractivity contribution in [3.63, 3.8) is 0 Å². The van der Waals surface area contributed by atoms with E-state index < -0.39 is 12.1 Å². The van der Waals surface area contributed by atoms with Gasteiger partial charge in [0.25, 0.3) is 0 Å². The van der Waals surface area contributed by atoms with Gasteiger partial charge in [0, 0.05) is 19.2 Å². The Morgan fingerprint density at radius 1 is 1.40 bits per heavy atom. The predicted molar refractivity (Wildman–Crippen MR) is 60.0 cm³/mol. The minimum atomic E-state index is -0.889. The van der Waals surface area contributed by atoms with Crippen molar-refractivity contribution >= 4 is 5.97 Å². The zero-order chi connectivity index (χ0) is 12.0. The van der Waals surface area contributed by atoms with Crippen molar-refractivity contribution < 1.29 is 14.6 Å². The van der Waals surface area contributed by atoms with Gasteiger partial charge < -0.3 is 14.7 Å². The lowest BCUT2D eigenvalue weighted by Crippen LogP contribution is -2.42. The number of ether oxygens (including phenoxy) is 1. The Hall–Kier alpha value is -0.610. The molecule has 0 radical (unpaired) electrons. The first-order valence-electron chi connectivity index (χ1n) is 5.44. The van der Waals surface area contributed by atoms with E-state index in [2.05, 4.69) is 20.8 Å². The lowest BCUT2D eigenvalue weighted by atomic mass is 10.1. The number of likely N-dealkylation sites (N-methyl/N-ethyl adjacent to an activating group) is 1. The van der Waals surface area contributed by atoms with Gasteiger partial charge in [-0.3, -0.25) is 0 Å². The number of hydrogen-bond donors (Lipinski definition) is 1. The van der Waals surface area contributed by atoms with Crippen LogP contribution in [0.4, 0.5) is 0 Å². The Balaban J connectivity index is 4.21. The molecule has 2 unspecified atom stereocenters. The largest absolute Gasteiger partial charge is 0.479 e. The number of rotatable bonds is 7. The van der Waals surface area contributed by atoms with Crippen LogP contribution in [0.1, 0.15) is 27.7 Å². The molecule has 2 atom stereocenters. The van der Waals surface area contributed by atoms with Crippen LogP contribution in [-0.4, -0.2) is 48.3 Å². The predicted octanol–water partition coefficient (Wildman–Crippen LogP) is 1.45. The van der Waals surface area contributed by atoms with Gasteiger partial charge in [-0.05, 0) is 26.8 Å². The maximum absolute atomic E-state index is 10.9. The van der Waals surface area contributed by atoms with Crippen molar-refractivity contribution in [2.24, 2.45) is 5.92 Å². The summed E-state index contributed by atoms with van der Waals surface area (Å²) in [6, 6.07) is 0.354. The summed E-state index contributed by atoms with van der Waals surface area (Å²) in [5.41, 5.74) is 0. The molecule has 0 spiro atoms. The highest BCUT2D eigenvalue weighted by Crippen LogP contribution is 2.09. The molecule has 4 nitrogen and oxygen atoms in total. The molecule has 0 heterocycles. The molecule has 0 rings (SSSR count). The summed E-state index contributed by atoms with van der Waals surface area (Å²) in [5, 5.41) is 8.92. The second-order valence-corrected chi connectivity index (χ2v) is 4.21. The first-order chi connectivity index (χ1) is 6.90. The number of carboxylic acid groups (broad SMARTS) is 1. The fourth-order valence-corrected chi connectivity index (χ4v) is 1.34. The number of carbonyl (C=O) groups is 1. The third-order valence-corrected chi connectivity index (χ3v) is 2.76. The van der Waals surface area contributed by atoms with E-state index in [9.17, 15) is 4.79 Å². The van der Waals surface area contributed by atoms with Gasteiger partial charge in [0.2, 0.25) is 0 Å². The molecular weight excluding hydrogens is 194 g/mol. The minimum absolute atomic E-state index is 0.354. The zero-order valence-electron chi connectivity index (χ0n) is 10.4. The second kappa shape index (κ2) is 6.80. The molecule has 0 bridgehead atoms. The van der Waals surface area contributed by atoms with Crippen LogP contribution in [0.5, 0.6) is 0 Å². The summed E-state index contributed by atoms with van der Waals surface area (Å²) in [4.78, 5) is 12.9. The molecule has 0 aliphatic rings. The Bertz CT molecular complexity index is 194. The van der Waals surface area contributed by atoms with Crippen LogP contribution >= 0.6 is 0 Å². The first-order valence-corrected chi connectivity index (χ1v) is 5.44. The van der Waals surface area contributed by atoms with Gasteiger partial charge in [-0.2, -0.15) is 0 Å². The average Bonchev–Trinajstić information content (AvgIpc) is 2.15. The average molecular weight is 217 g/mol. The molecule has 0 aromatic carbocycles. The fourth-order valence-electron chi connectivity index (χ4n) is 1.34. The highest BCUT2D eigenvalue weighted by molar-refractivity contribution is 5.72. The normalized spacial score (nSPS) is 15.7. The Morgan fingerprint density at radius 2 is 1.93 bits per heavy atom. The van der Waals surface area contributed by atoms with Crippen molar-refractivity contribution in [2.45, 2.75) is 39.8 Å². The van der Waals surface area contributed by atoms with Gasteiger partial charge in [-0.1, -0.05) is 13.8 Å². The van der Waals surface area contributed by atoms with Crippen LogP contribution in [0.15, 0.2) is 0 Å². The van der Waals surface area contributed by atoms with E-state index >= 15 is 0 Å². The zero-order valence-corrected chi connectivity index (χ0v) is 10.4. The molecule has 0 fully saturated rings. The molecule has 4 heteroatoms. The number of nitrogens with zero attached hydrogens (tertiary/aromatic N) is 1. The maximum atomic E-state index is 10.9. The van der Waals surface area contributed by atoms with Crippen LogP contribution in [0.3, 0.4) is 0 Å². The van der Waals surface area contributed by atoms with Gasteiger partial charge in [-0.25, -0.2) is 4.79 Å². The molecule has 90 valence electrons. The van der Waals surface area contributed by atoms with Crippen LogP contribution in [-0.2, 0) is 9.53 Å². The number of aliphatic carboxylic acids is 1. The van der Waals surface area contributed by atoms with E-state index in [0.717, 1.165) is 0 Å². The van der Waals surface area contributed by atoms with Crippen LogP contribution < -0.4 is 0 Å². The molecule has 1 N–H and O–H groups in total. The van der Waals surface area contributed by atoms with Crippen LogP contribution in [0.2, 0.25) is 0 Å². The Morgan fingerprint density at radius 3 is 2.27 bits per heavy atom. The number of carboxylic acids is 1. The summed E-state index contributed by atoms with van der Waals surface area (Å²) >= 11 is 0. The van der Waals surface area contributed by atoms with Gasteiger partial charge in [-0.15, -0.1) is 0 Å². The molecule has 0 amide bonds. The summed E-state index contributed by atoms with van der Waals surface area (Å²) < 4.78 is 5.16. The van der Waals surface area contributed by atoms with E-state index in [-0.39, 0.29) is 0 Å². The van der Waals surface area contributed by atoms with E-state index in [1.807, 2.05) is 18.9 Å². The molecule has 0 aromatic rings. The standard InChI is InChI=1S/C11H23NO3/c1-6-15-10(11(13)14)7-12(5)9(4)8(2)3/h8-10H,6-7H2,1-5H3,(H,13,14).